The Morgan fingerprint density at radius 3 is 2.15 bits per heavy atom. The highest BCUT2D eigenvalue weighted by Gasteiger charge is 2.03. The highest BCUT2D eigenvalue weighted by molar-refractivity contribution is 5.34. The first-order valence-corrected chi connectivity index (χ1v) is 4.28. The smallest absolute Gasteiger partial charge is 0.150 e. The predicted molar refractivity (Wildman–Crippen MR) is 52.0 cm³/mol. The Balaban J connectivity index is 0.000000671. The van der Waals surface area contributed by atoms with Crippen molar-refractivity contribution in [3.63, 3.8) is 0 Å². The minimum Gasteiger partial charge on any atom is -0.411 e. The van der Waals surface area contributed by atoms with Gasteiger partial charge in [-0.2, -0.15) is 5.90 Å². The Bertz CT molecular complexity index is 251. The van der Waals surface area contributed by atoms with Crippen molar-refractivity contribution in [2.24, 2.45) is 5.90 Å². The summed E-state index contributed by atoms with van der Waals surface area (Å²) < 4.78 is 12.9. The Kier molecular flexibility index (Phi) is 5.07. The van der Waals surface area contributed by atoms with E-state index in [-0.39, 0.29) is 5.82 Å². The van der Waals surface area contributed by atoms with Gasteiger partial charge >= 0.3 is 0 Å². The third kappa shape index (κ3) is 3.03. The zero-order chi connectivity index (χ0) is 10.4. The topological polar surface area (TPSA) is 35.2 Å². The fourth-order valence-electron chi connectivity index (χ4n) is 0.853. The van der Waals surface area contributed by atoms with E-state index < -0.39 is 0 Å². The minimum absolute atomic E-state index is 0.287. The summed E-state index contributed by atoms with van der Waals surface area (Å²) >= 11 is 0. The fourth-order valence-corrected chi connectivity index (χ4v) is 0.853. The lowest BCUT2D eigenvalue weighted by molar-refractivity contribution is 0.332. The van der Waals surface area contributed by atoms with E-state index in [1.54, 1.807) is 19.9 Å². The van der Waals surface area contributed by atoms with Gasteiger partial charge in [-0.05, 0) is 31.0 Å². The van der Waals surface area contributed by atoms with Crippen molar-refractivity contribution in [2.45, 2.75) is 27.7 Å². The normalized spacial score (nSPS) is 8.77. The zero-order valence-electron chi connectivity index (χ0n) is 8.52. The third-order valence-corrected chi connectivity index (χ3v) is 1.71. The Hall–Kier alpha value is -1.09. The van der Waals surface area contributed by atoms with Gasteiger partial charge in [-0.15, -0.1) is 0 Å². The van der Waals surface area contributed by atoms with Crippen molar-refractivity contribution in [2.75, 3.05) is 0 Å². The Morgan fingerprint density at radius 1 is 1.23 bits per heavy atom. The summed E-state index contributed by atoms with van der Waals surface area (Å²) in [7, 11) is 0. The molecular formula is C10H16FNO. The van der Waals surface area contributed by atoms with Crippen LogP contribution in [-0.2, 0) is 0 Å². The van der Waals surface area contributed by atoms with Gasteiger partial charge in [-0.3, -0.25) is 0 Å². The SMILES string of the molecule is CC.Cc1cc(ON)cc(F)c1C. The predicted octanol–water partition coefficient (Wildman–Crippen LogP) is 2.72. The van der Waals surface area contributed by atoms with E-state index in [0.29, 0.717) is 11.3 Å². The first kappa shape index (κ1) is 11.9. The lowest BCUT2D eigenvalue weighted by atomic mass is 10.1. The van der Waals surface area contributed by atoms with Crippen LogP contribution in [0.5, 0.6) is 5.75 Å². The zero-order valence-corrected chi connectivity index (χ0v) is 8.52. The van der Waals surface area contributed by atoms with Crippen LogP contribution in [0.1, 0.15) is 25.0 Å². The van der Waals surface area contributed by atoms with Crippen molar-refractivity contribution in [1.29, 1.82) is 0 Å². The molecule has 0 radical (unpaired) electrons. The number of benzene rings is 1. The quantitative estimate of drug-likeness (QED) is 0.683. The Labute approximate surface area is 78.5 Å². The second-order valence-electron chi connectivity index (χ2n) is 2.46. The van der Waals surface area contributed by atoms with Crippen LogP contribution < -0.4 is 10.7 Å². The summed E-state index contributed by atoms with van der Waals surface area (Å²) in [5.41, 5.74) is 1.47. The molecule has 2 N–H and O–H groups in total. The minimum atomic E-state index is -0.287. The highest BCUT2D eigenvalue weighted by Crippen LogP contribution is 2.18. The van der Waals surface area contributed by atoms with Crippen LogP contribution in [0, 0.1) is 19.7 Å². The van der Waals surface area contributed by atoms with E-state index >= 15 is 0 Å². The molecule has 0 unspecified atom stereocenters. The molecule has 0 saturated carbocycles. The maximum absolute atomic E-state index is 12.9. The molecule has 0 saturated heterocycles. The highest BCUT2D eigenvalue weighted by atomic mass is 19.1. The van der Waals surface area contributed by atoms with Gasteiger partial charge in [0.15, 0.2) is 0 Å². The number of halogens is 1. The van der Waals surface area contributed by atoms with Crippen LogP contribution in [0.4, 0.5) is 4.39 Å². The summed E-state index contributed by atoms with van der Waals surface area (Å²) in [5.74, 6) is 4.94. The van der Waals surface area contributed by atoms with Crippen molar-refractivity contribution in [3.8, 4) is 5.75 Å². The summed E-state index contributed by atoms with van der Waals surface area (Å²) in [6.07, 6.45) is 0. The average Bonchev–Trinajstić information content (AvgIpc) is 2.16. The lowest BCUT2D eigenvalue weighted by Crippen LogP contribution is -2.03. The standard InChI is InChI=1S/C8H10FNO.C2H6/c1-5-3-7(11-10)4-8(9)6(5)2;1-2/h3-4H,10H2,1-2H3;1-2H3. The molecule has 0 heterocycles. The molecule has 13 heavy (non-hydrogen) atoms. The van der Waals surface area contributed by atoms with E-state index in [4.69, 9.17) is 5.90 Å². The van der Waals surface area contributed by atoms with Crippen LogP contribution in [0.25, 0.3) is 0 Å². The van der Waals surface area contributed by atoms with Gasteiger partial charge in [0.25, 0.3) is 0 Å². The molecule has 0 aliphatic rings. The molecular weight excluding hydrogens is 169 g/mol. The number of nitrogens with two attached hydrogens (primary N) is 1. The lowest BCUT2D eigenvalue weighted by Gasteiger charge is -2.03. The van der Waals surface area contributed by atoms with Crippen LogP contribution in [-0.4, -0.2) is 0 Å². The number of hydrogen-bond donors (Lipinski definition) is 1. The molecule has 0 aliphatic heterocycles. The number of rotatable bonds is 1. The summed E-state index contributed by atoms with van der Waals surface area (Å²) in [6, 6.07) is 2.96. The Morgan fingerprint density at radius 2 is 1.77 bits per heavy atom. The van der Waals surface area contributed by atoms with Crippen molar-refractivity contribution in [3.05, 3.63) is 29.1 Å². The maximum atomic E-state index is 12.9. The second-order valence-corrected chi connectivity index (χ2v) is 2.46. The fraction of sp³-hybridized carbons (Fsp3) is 0.400. The largest absolute Gasteiger partial charge is 0.411 e. The van der Waals surface area contributed by atoms with Gasteiger partial charge in [0.2, 0.25) is 0 Å². The van der Waals surface area contributed by atoms with Crippen LogP contribution >= 0.6 is 0 Å². The molecule has 0 fully saturated rings. The van der Waals surface area contributed by atoms with E-state index in [9.17, 15) is 4.39 Å². The first-order valence-electron chi connectivity index (χ1n) is 4.28. The van der Waals surface area contributed by atoms with E-state index in [1.807, 2.05) is 13.8 Å². The molecule has 1 rings (SSSR count). The second kappa shape index (κ2) is 5.54. The molecule has 0 spiro atoms. The molecule has 0 atom stereocenters. The molecule has 2 nitrogen and oxygen atoms in total. The van der Waals surface area contributed by atoms with Crippen molar-refractivity contribution < 1.29 is 9.23 Å². The maximum Gasteiger partial charge on any atom is 0.150 e. The molecule has 74 valence electrons. The van der Waals surface area contributed by atoms with E-state index in [2.05, 4.69) is 4.84 Å². The monoisotopic (exact) mass is 185 g/mol. The molecule has 0 aliphatic carbocycles. The van der Waals surface area contributed by atoms with Crippen LogP contribution in [0.2, 0.25) is 0 Å². The van der Waals surface area contributed by atoms with Gasteiger partial charge in [0.1, 0.15) is 11.6 Å². The van der Waals surface area contributed by atoms with E-state index in [0.717, 1.165) is 5.56 Å². The van der Waals surface area contributed by atoms with Gasteiger partial charge in [0.05, 0.1) is 0 Å². The van der Waals surface area contributed by atoms with Crippen LogP contribution in [0.3, 0.4) is 0 Å². The molecule has 1 aromatic rings. The summed E-state index contributed by atoms with van der Waals surface area (Å²) in [6.45, 7) is 7.52. The van der Waals surface area contributed by atoms with Gasteiger partial charge in [0, 0.05) is 6.07 Å². The summed E-state index contributed by atoms with van der Waals surface area (Å²) in [4.78, 5) is 4.39. The third-order valence-electron chi connectivity index (χ3n) is 1.71. The van der Waals surface area contributed by atoms with Gasteiger partial charge < -0.3 is 4.84 Å². The molecule has 3 heteroatoms. The molecule has 1 aromatic carbocycles. The van der Waals surface area contributed by atoms with Crippen molar-refractivity contribution >= 4 is 0 Å². The number of hydrogen-bond acceptors (Lipinski definition) is 2. The van der Waals surface area contributed by atoms with Crippen molar-refractivity contribution in [1.82, 2.24) is 0 Å². The van der Waals surface area contributed by atoms with Gasteiger partial charge in [-0.1, -0.05) is 13.8 Å². The average molecular weight is 185 g/mol. The van der Waals surface area contributed by atoms with E-state index in [1.165, 1.54) is 6.07 Å². The number of aryl methyl sites for hydroxylation is 1. The molecule has 0 amide bonds. The molecule has 0 aromatic heterocycles. The summed E-state index contributed by atoms with van der Waals surface area (Å²) in [5, 5.41) is 0. The molecule has 0 bridgehead atoms. The van der Waals surface area contributed by atoms with Crippen LogP contribution in [0.15, 0.2) is 12.1 Å². The first-order chi connectivity index (χ1) is 6.15. The van der Waals surface area contributed by atoms with Gasteiger partial charge in [-0.25, -0.2) is 4.39 Å².